The molecule has 0 saturated heterocycles. The maximum Gasteiger partial charge on any atom is 0.183 e. The molecule has 4 nitrogen and oxygen atoms in total. The molecule has 4 fully saturated rings. The van der Waals surface area contributed by atoms with Crippen LogP contribution in [-0.4, -0.2) is 15.2 Å². The Morgan fingerprint density at radius 1 is 1.04 bits per heavy atom. The fraction of sp³-hybridized carbons (Fsp3) is 0.556. The van der Waals surface area contributed by atoms with E-state index in [0.717, 1.165) is 35.1 Å². The topological polar surface area (TPSA) is 67.6 Å². The standard InChI is InChI=1S/C18H21ClN4/c19-13-1-2-15(20)14(8-13)17-21-18(23-22-17)16-11-4-9-3-10(6-11)7-12(16)5-9/h1-2,8-12,16H,3-7,20H2,(H,21,22,23). The molecule has 6 rings (SSSR count). The molecule has 4 aliphatic rings. The third-order valence-corrected chi connectivity index (χ3v) is 6.54. The normalized spacial score (nSPS) is 34.9. The summed E-state index contributed by atoms with van der Waals surface area (Å²) in [6.45, 7) is 0. The van der Waals surface area contributed by atoms with Crippen molar-refractivity contribution < 1.29 is 0 Å². The zero-order valence-electron chi connectivity index (χ0n) is 13.0. The van der Waals surface area contributed by atoms with Crippen LogP contribution in [0.25, 0.3) is 11.4 Å². The van der Waals surface area contributed by atoms with Crippen molar-refractivity contribution in [1.82, 2.24) is 15.2 Å². The van der Waals surface area contributed by atoms with Crippen LogP contribution in [0.15, 0.2) is 18.2 Å². The highest BCUT2D eigenvalue weighted by atomic mass is 35.5. The molecule has 0 radical (unpaired) electrons. The van der Waals surface area contributed by atoms with Crippen LogP contribution < -0.4 is 5.73 Å². The van der Waals surface area contributed by atoms with Gasteiger partial charge in [-0.2, -0.15) is 5.10 Å². The average Bonchev–Trinajstić information content (AvgIpc) is 2.98. The summed E-state index contributed by atoms with van der Waals surface area (Å²) in [4.78, 5) is 4.82. The number of benzene rings is 1. The molecule has 1 heterocycles. The first-order valence-corrected chi connectivity index (χ1v) is 9.03. The molecule has 0 unspecified atom stereocenters. The summed E-state index contributed by atoms with van der Waals surface area (Å²) >= 11 is 6.10. The molecule has 0 aliphatic heterocycles. The van der Waals surface area contributed by atoms with Gasteiger partial charge in [0.25, 0.3) is 0 Å². The van der Waals surface area contributed by atoms with E-state index in [4.69, 9.17) is 22.3 Å². The summed E-state index contributed by atoms with van der Waals surface area (Å²) in [5, 5.41) is 8.33. The third kappa shape index (κ3) is 2.18. The maximum atomic E-state index is 6.10. The van der Waals surface area contributed by atoms with Crippen LogP contribution in [0.5, 0.6) is 0 Å². The average molecular weight is 329 g/mol. The molecule has 120 valence electrons. The Hall–Kier alpha value is -1.55. The van der Waals surface area contributed by atoms with Crippen LogP contribution in [0.2, 0.25) is 5.02 Å². The van der Waals surface area contributed by atoms with E-state index in [1.165, 1.54) is 32.1 Å². The summed E-state index contributed by atoms with van der Waals surface area (Å²) in [6, 6.07) is 5.46. The third-order valence-electron chi connectivity index (χ3n) is 6.30. The van der Waals surface area contributed by atoms with E-state index < -0.39 is 0 Å². The molecule has 4 aliphatic carbocycles. The van der Waals surface area contributed by atoms with Crippen molar-refractivity contribution in [2.24, 2.45) is 23.7 Å². The fourth-order valence-corrected chi connectivity index (χ4v) is 5.81. The number of hydrogen-bond acceptors (Lipinski definition) is 3. The predicted molar refractivity (Wildman–Crippen MR) is 91.0 cm³/mol. The van der Waals surface area contributed by atoms with Gasteiger partial charge in [0.15, 0.2) is 5.82 Å². The Kier molecular flexibility index (Phi) is 2.99. The van der Waals surface area contributed by atoms with E-state index in [0.29, 0.717) is 22.5 Å². The van der Waals surface area contributed by atoms with Gasteiger partial charge < -0.3 is 5.73 Å². The SMILES string of the molecule is Nc1ccc(Cl)cc1-c1n[nH]c(C2C3CC4CC(C3)CC2C4)n1. The Bertz CT molecular complexity index is 725. The highest BCUT2D eigenvalue weighted by molar-refractivity contribution is 6.31. The summed E-state index contributed by atoms with van der Waals surface area (Å²) in [5.74, 6) is 5.83. The van der Waals surface area contributed by atoms with Gasteiger partial charge in [-0.05, 0) is 74.0 Å². The van der Waals surface area contributed by atoms with Gasteiger partial charge in [-0.3, -0.25) is 5.10 Å². The minimum Gasteiger partial charge on any atom is -0.398 e. The molecule has 0 atom stereocenters. The smallest absolute Gasteiger partial charge is 0.183 e. The lowest BCUT2D eigenvalue weighted by molar-refractivity contribution is -0.00552. The van der Waals surface area contributed by atoms with Crippen molar-refractivity contribution >= 4 is 17.3 Å². The number of nitrogen functional groups attached to an aromatic ring is 1. The molecule has 4 bridgehead atoms. The van der Waals surface area contributed by atoms with Gasteiger partial charge in [0.05, 0.1) is 0 Å². The zero-order chi connectivity index (χ0) is 15.6. The largest absolute Gasteiger partial charge is 0.398 e. The lowest BCUT2D eigenvalue weighted by Crippen LogP contribution is -2.44. The van der Waals surface area contributed by atoms with E-state index in [1.54, 1.807) is 6.07 Å². The highest BCUT2D eigenvalue weighted by Gasteiger charge is 2.49. The number of H-pyrrole nitrogens is 1. The first-order valence-electron chi connectivity index (χ1n) is 8.65. The Labute approximate surface area is 140 Å². The Morgan fingerprint density at radius 2 is 1.74 bits per heavy atom. The zero-order valence-corrected chi connectivity index (χ0v) is 13.8. The highest BCUT2D eigenvalue weighted by Crippen LogP contribution is 2.59. The molecular weight excluding hydrogens is 308 g/mol. The second-order valence-corrected chi connectivity index (χ2v) is 8.17. The van der Waals surface area contributed by atoms with Crippen molar-refractivity contribution in [3.63, 3.8) is 0 Å². The molecule has 1 aromatic carbocycles. The van der Waals surface area contributed by atoms with Crippen molar-refractivity contribution in [1.29, 1.82) is 0 Å². The van der Waals surface area contributed by atoms with Crippen LogP contribution in [0.4, 0.5) is 5.69 Å². The van der Waals surface area contributed by atoms with Gasteiger partial charge in [0.1, 0.15) is 5.82 Å². The monoisotopic (exact) mass is 328 g/mol. The number of nitrogens with zero attached hydrogens (tertiary/aromatic N) is 2. The van der Waals surface area contributed by atoms with Crippen molar-refractivity contribution in [3.8, 4) is 11.4 Å². The minimum atomic E-state index is 0.560. The van der Waals surface area contributed by atoms with E-state index in [9.17, 15) is 0 Å². The van der Waals surface area contributed by atoms with Crippen LogP contribution in [0.1, 0.15) is 43.8 Å². The number of aromatic nitrogens is 3. The lowest BCUT2D eigenvalue weighted by Gasteiger charge is -2.53. The number of hydrogen-bond donors (Lipinski definition) is 2. The molecule has 1 aromatic heterocycles. The molecule has 0 spiro atoms. The fourth-order valence-electron chi connectivity index (χ4n) is 5.64. The van der Waals surface area contributed by atoms with Crippen LogP contribution in [-0.2, 0) is 0 Å². The van der Waals surface area contributed by atoms with E-state index in [2.05, 4.69) is 10.2 Å². The quantitative estimate of drug-likeness (QED) is 0.810. The number of aromatic amines is 1. The van der Waals surface area contributed by atoms with Crippen LogP contribution in [0, 0.1) is 23.7 Å². The van der Waals surface area contributed by atoms with Crippen molar-refractivity contribution in [3.05, 3.63) is 29.0 Å². The molecule has 23 heavy (non-hydrogen) atoms. The maximum absolute atomic E-state index is 6.10. The summed E-state index contributed by atoms with van der Waals surface area (Å²) in [6.07, 6.45) is 7.00. The van der Waals surface area contributed by atoms with Crippen LogP contribution in [0.3, 0.4) is 0 Å². The van der Waals surface area contributed by atoms with Gasteiger partial charge in [-0.1, -0.05) is 11.6 Å². The number of halogens is 1. The first kappa shape index (κ1) is 13.8. The number of nitrogens with two attached hydrogens (primary N) is 1. The minimum absolute atomic E-state index is 0.560. The van der Waals surface area contributed by atoms with Crippen molar-refractivity contribution in [2.45, 2.75) is 38.0 Å². The van der Waals surface area contributed by atoms with E-state index >= 15 is 0 Å². The summed E-state index contributed by atoms with van der Waals surface area (Å²) < 4.78 is 0. The number of rotatable bonds is 2. The van der Waals surface area contributed by atoms with Gasteiger partial charge in [0, 0.05) is 22.2 Å². The molecule has 0 amide bonds. The predicted octanol–water partition coefficient (Wildman–Crippen LogP) is 4.25. The second-order valence-electron chi connectivity index (χ2n) is 7.73. The first-order chi connectivity index (χ1) is 11.2. The number of nitrogens with one attached hydrogen (secondary N) is 1. The van der Waals surface area contributed by atoms with Crippen LogP contribution >= 0.6 is 11.6 Å². The van der Waals surface area contributed by atoms with Crippen molar-refractivity contribution in [2.75, 3.05) is 5.73 Å². The summed E-state index contributed by atoms with van der Waals surface area (Å²) in [5.41, 5.74) is 7.57. The molecule has 2 aromatic rings. The van der Waals surface area contributed by atoms with E-state index in [-0.39, 0.29) is 0 Å². The van der Waals surface area contributed by atoms with Gasteiger partial charge >= 0.3 is 0 Å². The van der Waals surface area contributed by atoms with Gasteiger partial charge in [-0.15, -0.1) is 0 Å². The molecule has 4 saturated carbocycles. The second kappa shape index (κ2) is 4.97. The number of anilines is 1. The molecule has 5 heteroatoms. The van der Waals surface area contributed by atoms with Gasteiger partial charge in [-0.25, -0.2) is 4.98 Å². The Balaban J connectivity index is 1.49. The van der Waals surface area contributed by atoms with E-state index in [1.807, 2.05) is 12.1 Å². The molecule has 3 N–H and O–H groups in total. The summed E-state index contributed by atoms with van der Waals surface area (Å²) in [7, 11) is 0. The molecular formula is C18H21ClN4. The lowest BCUT2D eigenvalue weighted by atomic mass is 9.52. The van der Waals surface area contributed by atoms with Gasteiger partial charge in [0.2, 0.25) is 0 Å². The Morgan fingerprint density at radius 3 is 2.43 bits per heavy atom.